The highest BCUT2D eigenvalue weighted by Gasteiger charge is 2.14. The second-order valence-corrected chi connectivity index (χ2v) is 7.10. The lowest BCUT2D eigenvalue weighted by molar-refractivity contribution is -0.116. The molecule has 2 aromatic heterocycles. The molecule has 2 heterocycles. The molecule has 0 saturated carbocycles. The van der Waals surface area contributed by atoms with Crippen molar-refractivity contribution < 1.29 is 9.59 Å². The van der Waals surface area contributed by atoms with Gasteiger partial charge in [-0.1, -0.05) is 27.3 Å². The summed E-state index contributed by atoms with van der Waals surface area (Å²) in [5, 5.41) is 4.28. The van der Waals surface area contributed by atoms with Crippen LogP contribution >= 0.6 is 27.3 Å². The quantitative estimate of drug-likeness (QED) is 0.683. The van der Waals surface area contributed by atoms with Gasteiger partial charge in [0.1, 0.15) is 6.54 Å². The van der Waals surface area contributed by atoms with Crippen LogP contribution < -0.4 is 5.32 Å². The minimum atomic E-state index is -0.172. The number of carbonyl (C=O) groups excluding carboxylic acids is 2. The summed E-state index contributed by atoms with van der Waals surface area (Å²) in [4.78, 5) is 28.5. The fourth-order valence-electron chi connectivity index (χ4n) is 2.40. The van der Waals surface area contributed by atoms with Crippen LogP contribution in [-0.2, 0) is 11.3 Å². The van der Waals surface area contributed by atoms with Gasteiger partial charge in [0.25, 0.3) is 0 Å². The number of amides is 1. The Balaban J connectivity index is 1.76. The number of anilines is 1. The number of aromatic nitrogens is 2. The standard InChI is InChI=1S/C16H14BrN3O2S/c1-9-15(10(2)21)23-16(18-9)19-14(22)8-20-6-5-11-7-12(17)3-4-13(11)20/h3-7H,8H2,1-2H3,(H,18,19,22). The zero-order chi connectivity index (χ0) is 16.6. The second kappa shape index (κ2) is 6.25. The highest BCUT2D eigenvalue weighted by molar-refractivity contribution is 9.10. The molecule has 3 aromatic rings. The molecule has 1 aromatic carbocycles. The van der Waals surface area contributed by atoms with Crippen molar-refractivity contribution in [2.24, 2.45) is 0 Å². The third-order valence-corrected chi connectivity index (χ3v) is 5.08. The van der Waals surface area contributed by atoms with Gasteiger partial charge in [-0.05, 0) is 31.2 Å². The number of hydrogen-bond donors (Lipinski definition) is 1. The van der Waals surface area contributed by atoms with E-state index < -0.39 is 0 Å². The molecule has 0 unspecified atom stereocenters. The molecule has 0 spiro atoms. The molecule has 0 aliphatic rings. The van der Waals surface area contributed by atoms with E-state index in [1.165, 1.54) is 18.3 Å². The van der Waals surface area contributed by atoms with Crippen molar-refractivity contribution in [1.29, 1.82) is 0 Å². The van der Waals surface area contributed by atoms with Gasteiger partial charge in [0.15, 0.2) is 10.9 Å². The van der Waals surface area contributed by atoms with Crippen LogP contribution in [-0.4, -0.2) is 21.2 Å². The topological polar surface area (TPSA) is 64.0 Å². The van der Waals surface area contributed by atoms with Crippen molar-refractivity contribution in [3.8, 4) is 0 Å². The molecule has 7 heteroatoms. The first-order valence-electron chi connectivity index (χ1n) is 6.96. The maximum absolute atomic E-state index is 12.2. The van der Waals surface area contributed by atoms with E-state index in [2.05, 4.69) is 26.2 Å². The van der Waals surface area contributed by atoms with Crippen LogP contribution in [0.5, 0.6) is 0 Å². The summed E-state index contributed by atoms with van der Waals surface area (Å²) >= 11 is 4.64. The number of nitrogens with zero attached hydrogens (tertiary/aromatic N) is 2. The van der Waals surface area contributed by atoms with Gasteiger partial charge in [0.2, 0.25) is 5.91 Å². The molecule has 118 valence electrons. The lowest BCUT2D eigenvalue weighted by Gasteiger charge is -2.05. The van der Waals surface area contributed by atoms with Crippen LogP contribution in [0.15, 0.2) is 34.9 Å². The number of Topliss-reactive ketones (excluding diaryl/α,β-unsaturated/α-hetero) is 1. The monoisotopic (exact) mass is 391 g/mol. The molecule has 3 rings (SSSR count). The summed E-state index contributed by atoms with van der Waals surface area (Å²) in [7, 11) is 0. The van der Waals surface area contributed by atoms with Crippen molar-refractivity contribution in [3.05, 3.63) is 45.5 Å². The maximum atomic E-state index is 12.2. The lowest BCUT2D eigenvalue weighted by atomic mass is 10.2. The number of thiazole rings is 1. The van der Waals surface area contributed by atoms with Gasteiger partial charge >= 0.3 is 0 Å². The van der Waals surface area contributed by atoms with Crippen LogP contribution in [0, 0.1) is 6.92 Å². The van der Waals surface area contributed by atoms with Gasteiger partial charge < -0.3 is 9.88 Å². The summed E-state index contributed by atoms with van der Waals surface area (Å²) in [6.07, 6.45) is 1.88. The first-order valence-corrected chi connectivity index (χ1v) is 8.57. The third-order valence-electron chi connectivity index (χ3n) is 3.41. The van der Waals surface area contributed by atoms with Crippen LogP contribution in [0.4, 0.5) is 5.13 Å². The molecule has 0 saturated heterocycles. The molecule has 0 aliphatic heterocycles. The number of rotatable bonds is 4. The van der Waals surface area contributed by atoms with Crippen molar-refractivity contribution >= 4 is 55.0 Å². The molecule has 1 N–H and O–H groups in total. The van der Waals surface area contributed by atoms with Crippen molar-refractivity contribution in [2.45, 2.75) is 20.4 Å². The predicted molar refractivity (Wildman–Crippen MR) is 95.1 cm³/mol. The molecule has 0 aliphatic carbocycles. The number of aryl methyl sites for hydroxylation is 1. The average Bonchev–Trinajstić information content (AvgIpc) is 3.02. The summed E-state index contributed by atoms with van der Waals surface area (Å²) in [5.74, 6) is -0.211. The van der Waals surface area contributed by atoms with Gasteiger partial charge in [0.05, 0.1) is 10.6 Å². The van der Waals surface area contributed by atoms with Crippen LogP contribution in [0.2, 0.25) is 0 Å². The smallest absolute Gasteiger partial charge is 0.246 e. The Hall–Kier alpha value is -1.99. The van der Waals surface area contributed by atoms with Crippen molar-refractivity contribution in [2.75, 3.05) is 5.32 Å². The fraction of sp³-hybridized carbons (Fsp3) is 0.188. The Kier molecular flexibility index (Phi) is 4.32. The number of nitrogens with one attached hydrogen (secondary N) is 1. The molecular weight excluding hydrogens is 378 g/mol. The SMILES string of the molecule is CC(=O)c1sc(NC(=O)Cn2ccc3cc(Br)ccc32)nc1C. The highest BCUT2D eigenvalue weighted by atomic mass is 79.9. The Morgan fingerprint density at radius 2 is 2.13 bits per heavy atom. The zero-order valence-electron chi connectivity index (χ0n) is 12.6. The molecule has 1 amide bonds. The Morgan fingerprint density at radius 1 is 1.35 bits per heavy atom. The largest absolute Gasteiger partial charge is 0.338 e. The lowest BCUT2D eigenvalue weighted by Crippen LogP contribution is -2.18. The molecule has 0 fully saturated rings. The summed E-state index contributed by atoms with van der Waals surface area (Å²) < 4.78 is 2.88. The van der Waals surface area contributed by atoms with E-state index in [1.807, 2.05) is 35.0 Å². The van der Waals surface area contributed by atoms with E-state index in [9.17, 15) is 9.59 Å². The van der Waals surface area contributed by atoms with Crippen LogP contribution in [0.25, 0.3) is 10.9 Å². The van der Waals surface area contributed by atoms with Gasteiger partial charge in [-0.25, -0.2) is 4.98 Å². The Morgan fingerprint density at radius 3 is 2.83 bits per heavy atom. The van der Waals surface area contributed by atoms with E-state index in [-0.39, 0.29) is 18.2 Å². The van der Waals surface area contributed by atoms with Crippen molar-refractivity contribution in [1.82, 2.24) is 9.55 Å². The Labute approximate surface area is 145 Å². The maximum Gasteiger partial charge on any atom is 0.246 e. The normalized spacial score (nSPS) is 10.9. The van der Waals surface area contributed by atoms with Gasteiger partial charge in [-0.15, -0.1) is 0 Å². The highest BCUT2D eigenvalue weighted by Crippen LogP contribution is 2.24. The number of benzene rings is 1. The van der Waals surface area contributed by atoms with Crippen molar-refractivity contribution in [3.63, 3.8) is 0 Å². The summed E-state index contributed by atoms with van der Waals surface area (Å²) in [6.45, 7) is 3.45. The van der Waals surface area contributed by atoms with E-state index in [0.29, 0.717) is 15.7 Å². The number of halogens is 1. The van der Waals surface area contributed by atoms with E-state index in [1.54, 1.807) is 6.92 Å². The molecule has 5 nitrogen and oxygen atoms in total. The number of fused-ring (bicyclic) bond motifs is 1. The molecule has 0 radical (unpaired) electrons. The van der Waals surface area contributed by atoms with Gasteiger partial charge in [-0.3, -0.25) is 9.59 Å². The van der Waals surface area contributed by atoms with E-state index in [0.717, 1.165) is 15.4 Å². The summed E-state index contributed by atoms with van der Waals surface area (Å²) in [6, 6.07) is 7.88. The minimum absolute atomic E-state index is 0.0394. The van der Waals surface area contributed by atoms with Crippen LogP contribution in [0.3, 0.4) is 0 Å². The molecule has 0 bridgehead atoms. The number of carbonyl (C=O) groups is 2. The van der Waals surface area contributed by atoms with Crippen LogP contribution in [0.1, 0.15) is 22.3 Å². The number of ketones is 1. The zero-order valence-corrected chi connectivity index (χ0v) is 15.0. The summed E-state index contributed by atoms with van der Waals surface area (Å²) in [5.41, 5.74) is 1.64. The first-order chi connectivity index (χ1) is 10.9. The minimum Gasteiger partial charge on any atom is -0.338 e. The third kappa shape index (κ3) is 3.35. The second-order valence-electron chi connectivity index (χ2n) is 5.18. The number of hydrogen-bond acceptors (Lipinski definition) is 4. The molecule has 23 heavy (non-hydrogen) atoms. The van der Waals surface area contributed by atoms with Gasteiger partial charge in [0, 0.05) is 28.5 Å². The fourth-order valence-corrected chi connectivity index (χ4v) is 3.66. The van der Waals surface area contributed by atoms with Gasteiger partial charge in [-0.2, -0.15) is 0 Å². The molecule has 0 atom stereocenters. The average molecular weight is 392 g/mol. The predicted octanol–water partition coefficient (Wildman–Crippen LogP) is 4.01. The molecular formula is C16H14BrN3O2S. The first kappa shape index (κ1) is 15.9. The Bertz CT molecular complexity index is 913. The van der Waals surface area contributed by atoms with E-state index in [4.69, 9.17) is 0 Å². The van der Waals surface area contributed by atoms with E-state index >= 15 is 0 Å².